The Morgan fingerprint density at radius 2 is 1.87 bits per heavy atom. The van der Waals surface area contributed by atoms with Crippen molar-refractivity contribution in [3.05, 3.63) is 65.7 Å². The first-order chi connectivity index (χ1) is 11.3. The SMILES string of the molecule is CCc1cc(NCc2ncccc2C)nc(-c2ccccn2)n1. The molecule has 0 aliphatic heterocycles. The molecular weight excluding hydrogens is 286 g/mol. The van der Waals surface area contributed by atoms with Crippen molar-refractivity contribution in [3.63, 3.8) is 0 Å². The van der Waals surface area contributed by atoms with Crippen LogP contribution < -0.4 is 5.32 Å². The molecule has 0 aliphatic carbocycles. The number of nitrogens with zero attached hydrogens (tertiary/aromatic N) is 4. The molecule has 0 fully saturated rings. The van der Waals surface area contributed by atoms with Crippen molar-refractivity contribution < 1.29 is 0 Å². The van der Waals surface area contributed by atoms with Crippen molar-refractivity contribution in [3.8, 4) is 11.5 Å². The summed E-state index contributed by atoms with van der Waals surface area (Å²) in [4.78, 5) is 17.9. The molecule has 3 aromatic heterocycles. The third-order valence-electron chi connectivity index (χ3n) is 3.59. The van der Waals surface area contributed by atoms with Crippen molar-refractivity contribution in [1.29, 1.82) is 0 Å². The quantitative estimate of drug-likeness (QED) is 0.782. The van der Waals surface area contributed by atoms with E-state index in [0.29, 0.717) is 12.4 Å². The van der Waals surface area contributed by atoms with Crippen LogP contribution in [0.15, 0.2) is 48.8 Å². The maximum atomic E-state index is 4.58. The Hall–Kier alpha value is -2.82. The summed E-state index contributed by atoms with van der Waals surface area (Å²) in [7, 11) is 0. The van der Waals surface area contributed by atoms with Crippen LogP contribution in [0.3, 0.4) is 0 Å². The minimum absolute atomic E-state index is 0.633. The van der Waals surface area contributed by atoms with E-state index < -0.39 is 0 Å². The topological polar surface area (TPSA) is 63.6 Å². The maximum absolute atomic E-state index is 4.58. The van der Waals surface area contributed by atoms with Gasteiger partial charge in [0.25, 0.3) is 0 Å². The van der Waals surface area contributed by atoms with Crippen LogP contribution in [0, 0.1) is 6.92 Å². The van der Waals surface area contributed by atoms with E-state index in [1.54, 1.807) is 12.4 Å². The smallest absolute Gasteiger partial charge is 0.180 e. The Balaban J connectivity index is 1.86. The highest BCUT2D eigenvalue weighted by atomic mass is 15.0. The van der Waals surface area contributed by atoms with Gasteiger partial charge in [-0.25, -0.2) is 9.97 Å². The molecule has 0 saturated heterocycles. The second-order valence-corrected chi connectivity index (χ2v) is 5.26. The zero-order chi connectivity index (χ0) is 16.1. The van der Waals surface area contributed by atoms with E-state index in [2.05, 4.69) is 45.2 Å². The van der Waals surface area contributed by atoms with Crippen LogP contribution in [0.5, 0.6) is 0 Å². The normalized spacial score (nSPS) is 10.5. The third kappa shape index (κ3) is 3.69. The molecule has 0 radical (unpaired) electrons. The number of hydrogen-bond acceptors (Lipinski definition) is 5. The fraction of sp³-hybridized carbons (Fsp3) is 0.222. The van der Waals surface area contributed by atoms with Gasteiger partial charge in [-0.2, -0.15) is 0 Å². The average Bonchev–Trinajstić information content (AvgIpc) is 2.61. The van der Waals surface area contributed by atoms with Gasteiger partial charge in [-0.15, -0.1) is 0 Å². The fourth-order valence-corrected chi connectivity index (χ4v) is 2.26. The van der Waals surface area contributed by atoms with Crippen LogP contribution in [0.25, 0.3) is 11.5 Å². The van der Waals surface area contributed by atoms with Crippen LogP contribution in [-0.2, 0) is 13.0 Å². The summed E-state index contributed by atoms with van der Waals surface area (Å²) < 4.78 is 0. The molecule has 0 spiro atoms. The number of pyridine rings is 2. The molecule has 116 valence electrons. The summed E-state index contributed by atoms with van der Waals surface area (Å²) in [5, 5.41) is 3.35. The lowest BCUT2D eigenvalue weighted by Gasteiger charge is -2.10. The lowest BCUT2D eigenvalue weighted by atomic mass is 10.2. The van der Waals surface area contributed by atoms with Gasteiger partial charge in [-0.1, -0.05) is 19.1 Å². The van der Waals surface area contributed by atoms with Crippen LogP contribution in [0.2, 0.25) is 0 Å². The number of aryl methyl sites for hydroxylation is 2. The van der Waals surface area contributed by atoms with E-state index in [4.69, 9.17) is 0 Å². The van der Waals surface area contributed by atoms with Gasteiger partial charge in [0.05, 0.1) is 12.2 Å². The van der Waals surface area contributed by atoms with Gasteiger partial charge in [0.2, 0.25) is 0 Å². The van der Waals surface area contributed by atoms with Gasteiger partial charge >= 0.3 is 0 Å². The Morgan fingerprint density at radius 3 is 2.61 bits per heavy atom. The summed E-state index contributed by atoms with van der Waals surface area (Å²) in [6, 6.07) is 11.7. The first-order valence-corrected chi connectivity index (χ1v) is 7.70. The van der Waals surface area contributed by atoms with Crippen molar-refractivity contribution >= 4 is 5.82 Å². The Morgan fingerprint density at radius 1 is 1.00 bits per heavy atom. The van der Waals surface area contributed by atoms with Gasteiger partial charge in [0.15, 0.2) is 5.82 Å². The van der Waals surface area contributed by atoms with Crippen LogP contribution >= 0.6 is 0 Å². The standard InChI is InChI=1S/C18H19N5/c1-3-14-11-17(21-12-16-13(2)7-6-10-20-16)23-18(22-14)15-8-4-5-9-19-15/h4-11H,3,12H2,1-2H3,(H,21,22,23). The Bertz CT molecular complexity index is 786. The molecule has 3 rings (SSSR count). The molecule has 3 heterocycles. The summed E-state index contributed by atoms with van der Waals surface area (Å²) in [5.74, 6) is 1.44. The molecule has 5 heteroatoms. The zero-order valence-corrected chi connectivity index (χ0v) is 13.3. The van der Waals surface area contributed by atoms with E-state index >= 15 is 0 Å². The minimum Gasteiger partial charge on any atom is -0.364 e. The molecule has 23 heavy (non-hydrogen) atoms. The number of hydrogen-bond donors (Lipinski definition) is 1. The predicted molar refractivity (Wildman–Crippen MR) is 90.9 cm³/mol. The van der Waals surface area contributed by atoms with E-state index in [9.17, 15) is 0 Å². The highest BCUT2D eigenvalue weighted by molar-refractivity contribution is 5.53. The van der Waals surface area contributed by atoms with Crippen molar-refractivity contribution in [2.75, 3.05) is 5.32 Å². The summed E-state index contributed by atoms with van der Waals surface area (Å²) in [6.45, 7) is 4.77. The van der Waals surface area contributed by atoms with Crippen LogP contribution in [0.1, 0.15) is 23.9 Å². The van der Waals surface area contributed by atoms with Gasteiger partial charge in [0.1, 0.15) is 11.5 Å². The molecular formula is C18H19N5. The minimum atomic E-state index is 0.633. The van der Waals surface area contributed by atoms with E-state index in [-0.39, 0.29) is 0 Å². The average molecular weight is 305 g/mol. The number of nitrogens with one attached hydrogen (secondary N) is 1. The summed E-state index contributed by atoms with van der Waals surface area (Å²) >= 11 is 0. The molecule has 0 unspecified atom stereocenters. The van der Waals surface area contributed by atoms with Crippen LogP contribution in [-0.4, -0.2) is 19.9 Å². The Labute approximate surface area is 135 Å². The molecule has 0 amide bonds. The Kier molecular flexibility index (Phi) is 4.57. The molecule has 5 nitrogen and oxygen atoms in total. The maximum Gasteiger partial charge on any atom is 0.180 e. The molecule has 0 aliphatic rings. The fourth-order valence-electron chi connectivity index (χ4n) is 2.26. The third-order valence-corrected chi connectivity index (χ3v) is 3.59. The lowest BCUT2D eigenvalue weighted by Crippen LogP contribution is -2.07. The van der Waals surface area contributed by atoms with Crippen molar-refractivity contribution in [2.24, 2.45) is 0 Å². The van der Waals surface area contributed by atoms with Crippen LogP contribution in [0.4, 0.5) is 5.82 Å². The lowest BCUT2D eigenvalue weighted by molar-refractivity contribution is 0.968. The summed E-state index contributed by atoms with van der Waals surface area (Å²) in [6.07, 6.45) is 4.40. The summed E-state index contributed by atoms with van der Waals surface area (Å²) in [5.41, 5.74) is 3.94. The number of aromatic nitrogens is 4. The van der Waals surface area contributed by atoms with Gasteiger partial charge in [0, 0.05) is 24.2 Å². The van der Waals surface area contributed by atoms with E-state index in [1.165, 1.54) is 0 Å². The highest BCUT2D eigenvalue weighted by Gasteiger charge is 2.07. The number of rotatable bonds is 5. The molecule has 0 aromatic carbocycles. The monoisotopic (exact) mass is 305 g/mol. The molecule has 1 N–H and O–H groups in total. The molecule has 3 aromatic rings. The van der Waals surface area contributed by atoms with Gasteiger partial charge < -0.3 is 5.32 Å². The van der Waals surface area contributed by atoms with Crippen molar-refractivity contribution in [1.82, 2.24) is 19.9 Å². The molecule has 0 saturated carbocycles. The van der Waals surface area contributed by atoms with Gasteiger partial charge in [-0.05, 0) is 37.1 Å². The van der Waals surface area contributed by atoms with E-state index in [1.807, 2.05) is 30.3 Å². The molecule has 0 atom stereocenters. The second kappa shape index (κ2) is 6.96. The first kappa shape index (κ1) is 15.1. The highest BCUT2D eigenvalue weighted by Crippen LogP contribution is 2.17. The molecule has 0 bridgehead atoms. The van der Waals surface area contributed by atoms with E-state index in [0.717, 1.165) is 34.9 Å². The number of anilines is 1. The second-order valence-electron chi connectivity index (χ2n) is 5.26. The largest absolute Gasteiger partial charge is 0.364 e. The predicted octanol–water partition coefficient (Wildman–Crippen LogP) is 3.42. The zero-order valence-electron chi connectivity index (χ0n) is 13.3. The first-order valence-electron chi connectivity index (χ1n) is 7.70. The van der Waals surface area contributed by atoms with Gasteiger partial charge in [-0.3, -0.25) is 9.97 Å². The van der Waals surface area contributed by atoms with Crippen molar-refractivity contribution in [2.45, 2.75) is 26.8 Å².